The van der Waals surface area contributed by atoms with Gasteiger partial charge in [-0.1, -0.05) is 61.6 Å². The second-order valence-corrected chi connectivity index (χ2v) is 25.1. The molecule has 0 saturated heterocycles. The number of benzene rings is 3. The molecule has 5 atom stereocenters. The first-order chi connectivity index (χ1) is 41.7. The molecule has 4 bridgehead atoms. The van der Waals surface area contributed by atoms with E-state index in [1.807, 2.05) is 71.1 Å². The minimum atomic E-state index is -1.77. The van der Waals surface area contributed by atoms with E-state index in [0.29, 0.717) is 97.7 Å². The third-order valence-electron chi connectivity index (χ3n) is 17.0. The lowest BCUT2D eigenvalue weighted by atomic mass is 9.39. The number of fused-ring (bicyclic) bond motifs is 2. The molecule has 6 aliphatic rings. The van der Waals surface area contributed by atoms with Gasteiger partial charge in [0.05, 0.1) is 47.5 Å². The van der Waals surface area contributed by atoms with Crippen LogP contribution in [0.3, 0.4) is 0 Å². The number of carbonyl (C=O) groups is 4. The van der Waals surface area contributed by atoms with E-state index in [1.165, 1.54) is 17.4 Å². The molecule has 6 aromatic rings. The van der Waals surface area contributed by atoms with Crippen LogP contribution < -0.4 is 31.3 Å². The van der Waals surface area contributed by atoms with E-state index >= 15 is 0 Å². The summed E-state index contributed by atoms with van der Waals surface area (Å²) in [6.45, 7) is 10.4. The number of nitrogens with zero attached hydrogens (tertiary/aromatic N) is 5. The first-order valence-corrected chi connectivity index (χ1v) is 29.8. The van der Waals surface area contributed by atoms with E-state index in [-0.39, 0.29) is 59.0 Å². The van der Waals surface area contributed by atoms with Crippen LogP contribution in [0.4, 0.5) is 21.4 Å². The Morgan fingerprint density at radius 1 is 0.874 bits per heavy atom. The molecule has 0 radical (unpaired) electrons. The van der Waals surface area contributed by atoms with Gasteiger partial charge in [0.2, 0.25) is 17.3 Å². The molecule has 2 aliphatic heterocycles. The predicted molar refractivity (Wildman–Crippen MR) is 324 cm³/mol. The smallest absolute Gasteiger partial charge is 0.407 e. The Morgan fingerprint density at radius 3 is 2.45 bits per heavy atom. The van der Waals surface area contributed by atoms with Crippen LogP contribution in [0, 0.1) is 23.2 Å². The van der Waals surface area contributed by atoms with E-state index in [9.17, 15) is 44.7 Å². The molecule has 4 aliphatic carbocycles. The van der Waals surface area contributed by atoms with Crippen LogP contribution in [0.25, 0.3) is 27.4 Å². The third kappa shape index (κ3) is 12.9. The molecule has 2 amide bonds. The molecule has 458 valence electrons. The number of aliphatic hydroxyl groups excluding tert-OH is 3. The number of para-hydroxylation sites is 1. The largest absolute Gasteiger partial charge is 0.503 e. The standard InChI is InChI=1S/C63H71N9O14S/c1-37-42(40-15-17-48(69-49(40)55(77)78)71-22-18-39-10-6-11-41(43(39)29-71)54(76)70-58-68-44-12-4-5-13-47(44)87-58)28-67-72(37)36-62-31-60(2)30-61(3,32-62)34-63(33-60,35-62)84-26-25-82-24-21-66-59(81)83-23-7-9-38-14-16-46(45(27-38)65-20-8-19-64)85-57-52(75)50(73)51(74)53(86-57)56(79)80/h4-7,9-17,27-28,57,65,73-75H,8,18-26,29-36,64H2,1-3H3,(H,66,81)(H,77,78)(H,79,80)(H,68,70,76)/b9-7+/t57-,60-,61?,62?,63?/m0/s1. The lowest BCUT2D eigenvalue weighted by molar-refractivity contribution is -0.250. The van der Waals surface area contributed by atoms with Gasteiger partial charge in [-0.3, -0.25) is 14.8 Å². The number of aromatic nitrogens is 4. The zero-order valence-corrected chi connectivity index (χ0v) is 49.4. The van der Waals surface area contributed by atoms with E-state index in [0.717, 1.165) is 65.6 Å². The van der Waals surface area contributed by atoms with Crippen molar-refractivity contribution in [2.75, 3.05) is 68.1 Å². The first-order valence-electron chi connectivity index (χ1n) is 29.0. The number of anilines is 3. The van der Waals surface area contributed by atoms with Gasteiger partial charge in [0.25, 0.3) is 11.7 Å². The topological polar surface area (TPSA) is 325 Å². The van der Waals surface area contributed by atoms with Crippen molar-refractivity contribution in [1.82, 2.24) is 25.1 Å². The van der Waals surface area contributed by atoms with E-state index in [4.69, 9.17) is 39.5 Å². The molecular weight excluding hydrogens is 1140 g/mol. The minimum absolute atomic E-state index is 0.0499. The highest BCUT2D eigenvalue weighted by atomic mass is 32.1. The van der Waals surface area contributed by atoms with Gasteiger partial charge in [-0.25, -0.2) is 24.4 Å². The number of pyridine rings is 1. The summed E-state index contributed by atoms with van der Waals surface area (Å²) in [5.41, 5.74) is 11.7. The average molecular weight is 1210 g/mol. The number of aliphatic carboxylic acids is 1. The third-order valence-corrected chi connectivity index (χ3v) is 18.0. The Kier molecular flexibility index (Phi) is 16.9. The van der Waals surface area contributed by atoms with Gasteiger partial charge in [0.15, 0.2) is 10.8 Å². The number of nitrogens with two attached hydrogens (primary N) is 1. The number of hydrogen-bond acceptors (Lipinski definition) is 19. The number of alkyl carbamates (subject to hydrolysis) is 1. The molecule has 3 aromatic carbocycles. The van der Waals surface area contributed by atoms with Gasteiger partial charge in [0, 0.05) is 55.1 Å². The normalized spacial score (nSPS) is 23.0. The summed E-state index contributed by atoms with van der Waals surface area (Å²) in [5.74, 6) is -6.58. The van der Waals surface area contributed by atoms with Crippen molar-refractivity contribution in [3.63, 3.8) is 0 Å². The fourth-order valence-corrected chi connectivity index (χ4v) is 15.4. The number of rotatable bonds is 24. The molecule has 24 heteroatoms. The van der Waals surface area contributed by atoms with E-state index in [1.54, 1.807) is 30.5 Å². The number of nitrogens with one attached hydrogen (secondary N) is 3. The van der Waals surface area contributed by atoms with Crippen molar-refractivity contribution in [2.24, 2.45) is 22.0 Å². The Hall–Kier alpha value is -8.71. The van der Waals surface area contributed by atoms with Gasteiger partial charge < -0.3 is 70.5 Å². The Labute approximate surface area is 505 Å². The molecule has 3 unspecified atom stereocenters. The van der Waals surface area contributed by atoms with Gasteiger partial charge in [-0.15, -0.1) is 0 Å². The molecule has 10 N–H and O–H groups in total. The monoisotopic (exact) mass is 1210 g/mol. The van der Waals surface area contributed by atoms with E-state index in [2.05, 4.69) is 34.8 Å². The molecule has 4 saturated carbocycles. The van der Waals surface area contributed by atoms with Crippen LogP contribution in [0.2, 0.25) is 0 Å². The molecule has 5 heterocycles. The maximum absolute atomic E-state index is 13.7. The molecule has 12 rings (SSSR count). The maximum atomic E-state index is 13.7. The van der Waals surface area contributed by atoms with Crippen LogP contribution in [-0.4, -0.2) is 134 Å². The predicted octanol–water partition coefficient (Wildman–Crippen LogP) is 9.65. The molecule has 23 nitrogen and oxygen atoms in total. The number of carboxylic acids is 2. The molecule has 4 fully saturated rings. The SMILES string of the molecule is Cc1c(-c2ccc(N3CCc4cccc(C(=O)Nc5nc6ccccc6s5)c4C3)nc2C(=O)O)cnn1CC12CC3(C)CC(OCCOCCNC(=O)OC/C=C/c4ccc(O[C@H]5OC(C(=O)O)=C(O)C(O)=C5O)c(NCCCN)c4)(C1)C[C@@](C)(C3)C2. The van der Waals surface area contributed by atoms with Crippen molar-refractivity contribution in [2.45, 2.75) is 97.1 Å². The number of hydrogen-bond donors (Lipinski definition) is 9. The lowest BCUT2D eigenvalue weighted by Gasteiger charge is -2.69. The van der Waals surface area contributed by atoms with Crippen molar-refractivity contribution in [1.29, 1.82) is 0 Å². The van der Waals surface area contributed by atoms with Crippen molar-refractivity contribution in [3.05, 3.63) is 142 Å². The van der Waals surface area contributed by atoms with Gasteiger partial charge in [-0.2, -0.15) is 5.10 Å². The molecule has 3 aromatic heterocycles. The number of ether oxygens (including phenoxy) is 5. The van der Waals surface area contributed by atoms with Crippen LogP contribution in [0.1, 0.15) is 102 Å². The molecule has 0 spiro atoms. The molecular formula is C63H71N9O14S. The van der Waals surface area contributed by atoms with Crippen LogP contribution in [0.5, 0.6) is 5.75 Å². The van der Waals surface area contributed by atoms with Crippen molar-refractivity contribution >= 4 is 68.2 Å². The minimum Gasteiger partial charge on any atom is -0.503 e. The average Bonchev–Trinajstić information content (AvgIpc) is 0.896. The van der Waals surface area contributed by atoms with Gasteiger partial charge in [0.1, 0.15) is 18.2 Å². The number of thiazole rings is 1. The number of amides is 2. The Bertz CT molecular complexity index is 3690. The summed E-state index contributed by atoms with van der Waals surface area (Å²) >= 11 is 1.42. The fraction of sp³-hybridized carbons (Fsp3) is 0.413. The summed E-state index contributed by atoms with van der Waals surface area (Å²) in [6.07, 6.45) is 9.89. The van der Waals surface area contributed by atoms with Crippen molar-refractivity contribution < 1.29 is 68.4 Å². The summed E-state index contributed by atoms with van der Waals surface area (Å²) in [4.78, 5) is 62.3. The summed E-state index contributed by atoms with van der Waals surface area (Å²) < 4.78 is 32.0. The highest BCUT2D eigenvalue weighted by Crippen LogP contribution is 2.72. The number of aromatic carboxylic acids is 1. The van der Waals surface area contributed by atoms with Crippen LogP contribution >= 0.6 is 11.3 Å². The summed E-state index contributed by atoms with van der Waals surface area (Å²) in [5, 5.41) is 64.6. The second-order valence-electron chi connectivity index (χ2n) is 24.1. The highest BCUT2D eigenvalue weighted by molar-refractivity contribution is 7.22. The van der Waals surface area contributed by atoms with Crippen molar-refractivity contribution in [3.8, 4) is 16.9 Å². The van der Waals surface area contributed by atoms with Gasteiger partial charge >= 0.3 is 24.3 Å². The summed E-state index contributed by atoms with van der Waals surface area (Å²) in [7, 11) is 0. The zero-order chi connectivity index (χ0) is 61.3. The van der Waals surface area contributed by atoms with Gasteiger partial charge in [-0.05, 0) is 146 Å². The van der Waals surface area contributed by atoms with Crippen LogP contribution in [-0.2, 0) is 43.3 Å². The number of carboxylic acid groups (broad SMARTS) is 2. The van der Waals surface area contributed by atoms with Crippen LogP contribution in [0.15, 0.2) is 108 Å². The lowest BCUT2D eigenvalue weighted by Crippen LogP contribution is -2.64. The van der Waals surface area contributed by atoms with E-state index < -0.39 is 47.4 Å². The fourth-order valence-electron chi connectivity index (χ4n) is 14.6. The first kappa shape index (κ1) is 60.0. The summed E-state index contributed by atoms with van der Waals surface area (Å²) in [6, 6.07) is 22.0. The zero-order valence-electron chi connectivity index (χ0n) is 48.6. The Balaban J connectivity index is 0.661. The second kappa shape index (κ2) is 24.6. The quantitative estimate of drug-likeness (QED) is 0.0255. The number of aliphatic hydroxyl groups is 3. The molecule has 87 heavy (non-hydrogen) atoms. The maximum Gasteiger partial charge on any atom is 0.407 e. The number of carbonyl (C=O) groups excluding carboxylic acids is 2. The highest BCUT2D eigenvalue weighted by Gasteiger charge is 2.66. The Morgan fingerprint density at radius 2 is 1.68 bits per heavy atom.